The molecule has 0 aromatic heterocycles. The Hall–Kier alpha value is -1.59. The predicted octanol–water partition coefficient (Wildman–Crippen LogP) is 0.841. The highest BCUT2D eigenvalue weighted by Gasteiger charge is 2.25. The van der Waals surface area contributed by atoms with Gasteiger partial charge in [-0.3, -0.25) is 4.99 Å². The maximum absolute atomic E-state index is 9.68. The standard InChI is InChI=1S/C12H17N3O2/c1-2-17-12(16)11-7-15(8-14-11)10-5-3-9(13)4-6-10/h3-6,8,11-12,16H,2,7,13H2,1H3. The van der Waals surface area contributed by atoms with Crippen molar-refractivity contribution in [3.05, 3.63) is 24.3 Å². The van der Waals surface area contributed by atoms with Crippen LogP contribution in [0.25, 0.3) is 0 Å². The van der Waals surface area contributed by atoms with Crippen LogP contribution in [-0.2, 0) is 4.74 Å². The van der Waals surface area contributed by atoms with E-state index in [9.17, 15) is 5.11 Å². The van der Waals surface area contributed by atoms with Crippen molar-refractivity contribution in [3.63, 3.8) is 0 Å². The minimum absolute atomic E-state index is 0.229. The lowest BCUT2D eigenvalue weighted by Crippen LogP contribution is -2.33. The zero-order valence-corrected chi connectivity index (χ0v) is 9.78. The lowest BCUT2D eigenvalue weighted by Gasteiger charge is -2.19. The average Bonchev–Trinajstić information content (AvgIpc) is 2.80. The van der Waals surface area contributed by atoms with Crippen molar-refractivity contribution in [3.8, 4) is 0 Å². The topological polar surface area (TPSA) is 71.1 Å². The molecule has 5 heteroatoms. The Kier molecular flexibility index (Phi) is 3.61. The highest BCUT2D eigenvalue weighted by molar-refractivity contribution is 5.81. The maximum atomic E-state index is 9.68. The van der Waals surface area contributed by atoms with Gasteiger partial charge in [0.05, 0.1) is 12.9 Å². The number of nitrogens with zero attached hydrogens (tertiary/aromatic N) is 2. The Morgan fingerprint density at radius 1 is 1.53 bits per heavy atom. The summed E-state index contributed by atoms with van der Waals surface area (Å²) in [6.45, 7) is 2.94. The first-order chi connectivity index (χ1) is 8.20. The molecule has 0 fully saturated rings. The first-order valence-electron chi connectivity index (χ1n) is 5.66. The van der Waals surface area contributed by atoms with Gasteiger partial charge >= 0.3 is 0 Å². The fourth-order valence-electron chi connectivity index (χ4n) is 1.75. The van der Waals surface area contributed by atoms with Crippen molar-refractivity contribution < 1.29 is 9.84 Å². The second-order valence-electron chi connectivity index (χ2n) is 3.92. The van der Waals surface area contributed by atoms with Gasteiger partial charge in [0.25, 0.3) is 0 Å². The molecule has 2 atom stereocenters. The van der Waals surface area contributed by atoms with E-state index >= 15 is 0 Å². The Morgan fingerprint density at radius 2 is 2.24 bits per heavy atom. The summed E-state index contributed by atoms with van der Waals surface area (Å²) in [6, 6.07) is 7.31. The lowest BCUT2D eigenvalue weighted by atomic mass is 10.2. The molecular weight excluding hydrogens is 218 g/mol. The number of aliphatic hydroxyl groups excluding tert-OH is 1. The average molecular weight is 235 g/mol. The summed E-state index contributed by atoms with van der Waals surface area (Å²) >= 11 is 0. The van der Waals surface area contributed by atoms with Gasteiger partial charge in [-0.2, -0.15) is 0 Å². The Labute approximate surface area is 101 Å². The summed E-state index contributed by atoms with van der Waals surface area (Å²) in [5.41, 5.74) is 7.37. The van der Waals surface area contributed by atoms with Crippen molar-refractivity contribution in [2.24, 2.45) is 4.99 Å². The first kappa shape index (κ1) is 11.9. The number of anilines is 2. The van der Waals surface area contributed by atoms with E-state index in [0.717, 1.165) is 11.4 Å². The van der Waals surface area contributed by atoms with E-state index in [1.165, 1.54) is 0 Å². The van der Waals surface area contributed by atoms with Crippen molar-refractivity contribution in [1.29, 1.82) is 0 Å². The van der Waals surface area contributed by atoms with E-state index < -0.39 is 6.29 Å². The van der Waals surface area contributed by atoms with Gasteiger partial charge in [0.2, 0.25) is 0 Å². The van der Waals surface area contributed by atoms with Gasteiger partial charge in [0.15, 0.2) is 6.29 Å². The second kappa shape index (κ2) is 5.16. The first-order valence-corrected chi connectivity index (χ1v) is 5.66. The fourth-order valence-corrected chi connectivity index (χ4v) is 1.75. The number of hydrogen-bond acceptors (Lipinski definition) is 5. The van der Waals surface area contributed by atoms with Crippen molar-refractivity contribution in [1.82, 2.24) is 0 Å². The molecule has 2 rings (SSSR count). The van der Waals surface area contributed by atoms with Crippen LogP contribution in [-0.4, -0.2) is 36.9 Å². The van der Waals surface area contributed by atoms with E-state index in [4.69, 9.17) is 10.5 Å². The summed E-state index contributed by atoms with van der Waals surface area (Å²) in [6.07, 6.45) is 0.883. The fraction of sp³-hybridized carbons (Fsp3) is 0.417. The number of ether oxygens (including phenoxy) is 1. The number of aliphatic imine (C=N–C) groups is 1. The monoisotopic (exact) mass is 235 g/mol. The number of nitrogen functional groups attached to an aromatic ring is 1. The molecule has 5 nitrogen and oxygen atoms in total. The molecule has 0 aliphatic carbocycles. The number of rotatable bonds is 4. The highest BCUT2D eigenvalue weighted by atomic mass is 16.6. The molecule has 1 aromatic rings. The van der Waals surface area contributed by atoms with Gasteiger partial charge in [0, 0.05) is 18.0 Å². The predicted molar refractivity (Wildman–Crippen MR) is 68.1 cm³/mol. The van der Waals surface area contributed by atoms with Crippen LogP contribution >= 0.6 is 0 Å². The summed E-state index contributed by atoms with van der Waals surface area (Å²) in [4.78, 5) is 6.19. The molecule has 0 spiro atoms. The molecule has 1 heterocycles. The Balaban J connectivity index is 1.99. The molecule has 0 amide bonds. The van der Waals surface area contributed by atoms with Gasteiger partial charge in [-0.15, -0.1) is 0 Å². The highest BCUT2D eigenvalue weighted by Crippen LogP contribution is 2.20. The zero-order chi connectivity index (χ0) is 12.3. The summed E-state index contributed by atoms with van der Waals surface area (Å²) < 4.78 is 5.12. The summed E-state index contributed by atoms with van der Waals surface area (Å²) in [5, 5.41) is 9.68. The van der Waals surface area contributed by atoms with E-state index in [1.54, 1.807) is 6.34 Å². The SMILES string of the molecule is CCOC(O)C1CN(c2ccc(N)cc2)C=N1. The third-order valence-corrected chi connectivity index (χ3v) is 2.67. The van der Waals surface area contributed by atoms with Gasteiger partial charge in [-0.05, 0) is 31.2 Å². The largest absolute Gasteiger partial charge is 0.399 e. The second-order valence-corrected chi connectivity index (χ2v) is 3.92. The molecule has 2 unspecified atom stereocenters. The summed E-state index contributed by atoms with van der Waals surface area (Å²) in [7, 11) is 0. The van der Waals surface area contributed by atoms with Crippen LogP contribution in [0.4, 0.5) is 11.4 Å². The van der Waals surface area contributed by atoms with E-state index in [1.807, 2.05) is 36.1 Å². The molecule has 3 N–H and O–H groups in total. The molecule has 1 aliphatic heterocycles. The quantitative estimate of drug-likeness (QED) is 0.599. The molecule has 17 heavy (non-hydrogen) atoms. The van der Waals surface area contributed by atoms with Gasteiger partial charge in [-0.1, -0.05) is 0 Å². The molecule has 0 saturated heterocycles. The van der Waals surface area contributed by atoms with Crippen LogP contribution in [0.3, 0.4) is 0 Å². The van der Waals surface area contributed by atoms with Crippen molar-refractivity contribution >= 4 is 17.7 Å². The normalized spacial score (nSPS) is 20.8. The molecule has 1 aliphatic rings. The minimum atomic E-state index is -0.838. The number of benzene rings is 1. The molecule has 1 aromatic carbocycles. The van der Waals surface area contributed by atoms with Gasteiger partial charge in [-0.25, -0.2) is 0 Å². The van der Waals surface area contributed by atoms with Gasteiger partial charge in [0.1, 0.15) is 6.04 Å². The third kappa shape index (κ3) is 2.75. The van der Waals surface area contributed by atoms with E-state index in [0.29, 0.717) is 13.2 Å². The van der Waals surface area contributed by atoms with Crippen LogP contribution in [0.2, 0.25) is 0 Å². The number of aliphatic hydroxyl groups is 1. The molecular formula is C12H17N3O2. The third-order valence-electron chi connectivity index (χ3n) is 2.67. The molecule has 0 radical (unpaired) electrons. The van der Waals surface area contributed by atoms with Crippen LogP contribution in [0, 0.1) is 0 Å². The van der Waals surface area contributed by atoms with Crippen LogP contribution in [0.5, 0.6) is 0 Å². The van der Waals surface area contributed by atoms with Crippen LogP contribution in [0.1, 0.15) is 6.92 Å². The Bertz CT molecular complexity index is 391. The van der Waals surface area contributed by atoms with Crippen molar-refractivity contribution in [2.75, 3.05) is 23.8 Å². The Morgan fingerprint density at radius 3 is 2.88 bits per heavy atom. The maximum Gasteiger partial charge on any atom is 0.178 e. The number of hydrogen-bond donors (Lipinski definition) is 2. The number of nitrogens with two attached hydrogens (primary N) is 1. The van der Waals surface area contributed by atoms with Crippen LogP contribution in [0.15, 0.2) is 29.3 Å². The van der Waals surface area contributed by atoms with E-state index in [-0.39, 0.29) is 6.04 Å². The summed E-state index contributed by atoms with van der Waals surface area (Å²) in [5.74, 6) is 0. The minimum Gasteiger partial charge on any atom is -0.399 e. The molecule has 92 valence electrons. The van der Waals surface area contributed by atoms with Crippen molar-refractivity contribution in [2.45, 2.75) is 19.3 Å². The van der Waals surface area contributed by atoms with Crippen LogP contribution < -0.4 is 10.6 Å². The smallest absolute Gasteiger partial charge is 0.178 e. The molecule has 0 bridgehead atoms. The van der Waals surface area contributed by atoms with Gasteiger partial charge < -0.3 is 20.5 Å². The zero-order valence-electron chi connectivity index (χ0n) is 9.78. The lowest BCUT2D eigenvalue weighted by molar-refractivity contribution is -0.105. The molecule has 0 saturated carbocycles. The van der Waals surface area contributed by atoms with E-state index in [2.05, 4.69) is 4.99 Å².